The summed E-state index contributed by atoms with van der Waals surface area (Å²) in [6.07, 6.45) is 0. The molecule has 0 radical (unpaired) electrons. The van der Waals surface area contributed by atoms with Crippen LogP contribution in [0.5, 0.6) is 0 Å². The van der Waals surface area contributed by atoms with Crippen LogP contribution >= 0.6 is 15.9 Å². The maximum absolute atomic E-state index is 13.8. The van der Waals surface area contributed by atoms with Crippen LogP contribution in [0.25, 0.3) is 0 Å². The first kappa shape index (κ1) is 14.1. The van der Waals surface area contributed by atoms with E-state index in [-0.39, 0.29) is 5.56 Å². The van der Waals surface area contributed by atoms with Gasteiger partial charge in [0, 0.05) is 10.0 Å². The Morgan fingerprint density at radius 2 is 1.79 bits per heavy atom. The van der Waals surface area contributed by atoms with Crippen molar-refractivity contribution < 1.29 is 13.2 Å². The molecule has 0 aliphatic carbocycles. The highest BCUT2D eigenvalue weighted by Gasteiger charge is 2.21. The number of benzene rings is 2. The summed E-state index contributed by atoms with van der Waals surface area (Å²) in [6, 6.07) is 8.83. The molecule has 0 aromatic heterocycles. The van der Waals surface area contributed by atoms with Gasteiger partial charge in [-0.05, 0) is 30.8 Å². The highest BCUT2D eigenvalue weighted by atomic mass is 79.9. The Hall–Kier alpha value is -1.33. The van der Waals surface area contributed by atoms with Crippen LogP contribution in [0.3, 0.4) is 0 Å². The first-order chi connectivity index (χ1) is 9.04. The average molecular weight is 330 g/mol. The Morgan fingerprint density at radius 3 is 2.42 bits per heavy atom. The van der Waals surface area contributed by atoms with Crippen molar-refractivity contribution in [2.24, 2.45) is 0 Å². The van der Waals surface area contributed by atoms with Crippen LogP contribution in [-0.4, -0.2) is 7.05 Å². The van der Waals surface area contributed by atoms with E-state index in [0.717, 1.165) is 16.1 Å². The van der Waals surface area contributed by atoms with Gasteiger partial charge in [0.2, 0.25) is 0 Å². The number of hydrogen-bond acceptors (Lipinski definition) is 1. The molecule has 2 aromatic carbocycles. The first-order valence-electron chi connectivity index (χ1n) is 5.60. The van der Waals surface area contributed by atoms with Crippen LogP contribution in [-0.2, 0) is 0 Å². The summed E-state index contributed by atoms with van der Waals surface area (Å²) in [7, 11) is 1.63. The van der Waals surface area contributed by atoms with Crippen molar-refractivity contribution in [3.8, 4) is 0 Å². The van der Waals surface area contributed by atoms with Gasteiger partial charge in [0.15, 0.2) is 17.5 Å². The standard InChI is InChI=1S/C14H11BrF3N/c1-19-14(8-3-2-4-9(15)7-8)10-5-6-11(16)13(18)12(10)17/h2-7,14,19H,1H3. The molecule has 0 amide bonds. The highest BCUT2D eigenvalue weighted by molar-refractivity contribution is 9.10. The average Bonchev–Trinajstić information content (AvgIpc) is 2.40. The van der Waals surface area contributed by atoms with Gasteiger partial charge < -0.3 is 5.32 Å². The Morgan fingerprint density at radius 1 is 1.05 bits per heavy atom. The zero-order valence-electron chi connectivity index (χ0n) is 10.1. The SMILES string of the molecule is CNC(c1cccc(Br)c1)c1ccc(F)c(F)c1F. The molecule has 0 aliphatic rings. The highest BCUT2D eigenvalue weighted by Crippen LogP contribution is 2.28. The maximum atomic E-state index is 13.8. The summed E-state index contributed by atoms with van der Waals surface area (Å²) < 4.78 is 40.9. The summed E-state index contributed by atoms with van der Waals surface area (Å²) in [5, 5.41) is 2.90. The predicted octanol–water partition coefficient (Wildman–Crippen LogP) is 4.18. The molecule has 0 aliphatic heterocycles. The van der Waals surface area contributed by atoms with Gasteiger partial charge in [-0.15, -0.1) is 0 Å². The fraction of sp³-hybridized carbons (Fsp3) is 0.143. The lowest BCUT2D eigenvalue weighted by atomic mass is 9.98. The van der Waals surface area contributed by atoms with Gasteiger partial charge in [-0.1, -0.05) is 34.1 Å². The zero-order chi connectivity index (χ0) is 14.0. The van der Waals surface area contributed by atoms with Crippen LogP contribution in [0.1, 0.15) is 17.2 Å². The van der Waals surface area contributed by atoms with Gasteiger partial charge in [0.25, 0.3) is 0 Å². The predicted molar refractivity (Wildman–Crippen MR) is 71.4 cm³/mol. The molecule has 2 aromatic rings. The molecule has 1 atom stereocenters. The van der Waals surface area contributed by atoms with Crippen molar-refractivity contribution in [3.63, 3.8) is 0 Å². The monoisotopic (exact) mass is 329 g/mol. The molecule has 0 fully saturated rings. The topological polar surface area (TPSA) is 12.0 Å². The van der Waals surface area contributed by atoms with E-state index in [0.29, 0.717) is 0 Å². The van der Waals surface area contributed by atoms with Gasteiger partial charge in [0.05, 0.1) is 6.04 Å². The minimum absolute atomic E-state index is 0.0690. The molecule has 0 saturated carbocycles. The summed E-state index contributed by atoms with van der Waals surface area (Å²) >= 11 is 3.32. The first-order valence-corrected chi connectivity index (χ1v) is 6.40. The van der Waals surface area contributed by atoms with Gasteiger partial charge >= 0.3 is 0 Å². The van der Waals surface area contributed by atoms with Gasteiger partial charge in [-0.3, -0.25) is 0 Å². The summed E-state index contributed by atoms with van der Waals surface area (Å²) in [5.41, 5.74) is 0.821. The Kier molecular flexibility index (Phi) is 4.27. The van der Waals surface area contributed by atoms with E-state index in [1.807, 2.05) is 6.07 Å². The number of rotatable bonds is 3. The number of nitrogens with one attached hydrogen (secondary N) is 1. The Balaban J connectivity index is 2.51. The molecular weight excluding hydrogens is 319 g/mol. The number of halogens is 4. The van der Waals surface area contributed by atoms with Crippen LogP contribution in [0.2, 0.25) is 0 Å². The van der Waals surface area contributed by atoms with Gasteiger partial charge in [0.1, 0.15) is 0 Å². The third kappa shape index (κ3) is 2.82. The normalized spacial score (nSPS) is 12.5. The quantitative estimate of drug-likeness (QED) is 0.833. The molecule has 1 unspecified atom stereocenters. The Labute approximate surface area is 117 Å². The van der Waals surface area contributed by atoms with Crippen LogP contribution in [0, 0.1) is 17.5 Å². The summed E-state index contributed by atoms with van der Waals surface area (Å²) in [4.78, 5) is 0. The Bertz CT molecular complexity index is 601. The molecule has 0 spiro atoms. The third-order valence-electron chi connectivity index (χ3n) is 2.85. The van der Waals surface area contributed by atoms with Crippen LogP contribution in [0.4, 0.5) is 13.2 Å². The second-order valence-corrected chi connectivity index (χ2v) is 4.96. The molecule has 5 heteroatoms. The van der Waals surface area contributed by atoms with Crippen molar-refractivity contribution in [2.45, 2.75) is 6.04 Å². The van der Waals surface area contributed by atoms with E-state index in [4.69, 9.17) is 0 Å². The maximum Gasteiger partial charge on any atom is 0.194 e. The molecule has 2 rings (SSSR count). The third-order valence-corrected chi connectivity index (χ3v) is 3.34. The molecule has 1 N–H and O–H groups in total. The molecule has 100 valence electrons. The second kappa shape index (κ2) is 5.75. The van der Waals surface area contributed by atoms with Crippen LogP contribution in [0.15, 0.2) is 40.9 Å². The molecule has 0 saturated heterocycles. The minimum atomic E-state index is -1.45. The lowest BCUT2D eigenvalue weighted by molar-refractivity contribution is 0.435. The number of hydrogen-bond donors (Lipinski definition) is 1. The molecule has 0 heterocycles. The summed E-state index contributed by atoms with van der Waals surface area (Å²) in [6.45, 7) is 0. The van der Waals surface area contributed by atoms with Crippen molar-refractivity contribution in [1.29, 1.82) is 0 Å². The molecule has 0 bridgehead atoms. The van der Waals surface area contributed by atoms with Crippen LogP contribution < -0.4 is 5.32 Å². The molecule has 1 nitrogen and oxygen atoms in total. The van der Waals surface area contributed by atoms with Gasteiger partial charge in [-0.2, -0.15) is 0 Å². The van der Waals surface area contributed by atoms with Crippen molar-refractivity contribution >= 4 is 15.9 Å². The van der Waals surface area contributed by atoms with Gasteiger partial charge in [-0.25, -0.2) is 13.2 Å². The largest absolute Gasteiger partial charge is 0.309 e. The van der Waals surface area contributed by atoms with E-state index in [1.54, 1.807) is 25.2 Å². The summed E-state index contributed by atoms with van der Waals surface area (Å²) in [5.74, 6) is -3.81. The lowest BCUT2D eigenvalue weighted by Crippen LogP contribution is -2.19. The fourth-order valence-corrected chi connectivity index (χ4v) is 2.37. The van der Waals surface area contributed by atoms with Crippen molar-refractivity contribution in [1.82, 2.24) is 5.32 Å². The van der Waals surface area contributed by atoms with Crippen molar-refractivity contribution in [3.05, 3.63) is 69.4 Å². The zero-order valence-corrected chi connectivity index (χ0v) is 11.6. The van der Waals surface area contributed by atoms with E-state index < -0.39 is 23.5 Å². The van der Waals surface area contributed by atoms with E-state index in [1.165, 1.54) is 6.07 Å². The molecule has 19 heavy (non-hydrogen) atoms. The lowest BCUT2D eigenvalue weighted by Gasteiger charge is -2.18. The van der Waals surface area contributed by atoms with E-state index >= 15 is 0 Å². The smallest absolute Gasteiger partial charge is 0.194 e. The van der Waals surface area contributed by atoms with E-state index in [2.05, 4.69) is 21.2 Å². The van der Waals surface area contributed by atoms with Crippen molar-refractivity contribution in [2.75, 3.05) is 7.05 Å². The van der Waals surface area contributed by atoms with E-state index in [9.17, 15) is 13.2 Å². The fourth-order valence-electron chi connectivity index (χ4n) is 1.95. The second-order valence-electron chi connectivity index (χ2n) is 4.04. The minimum Gasteiger partial charge on any atom is -0.309 e. The molecular formula is C14H11BrF3N.